The Hall–Kier alpha value is -1.88. The van der Waals surface area contributed by atoms with Gasteiger partial charge >= 0.3 is 0 Å². The maximum absolute atomic E-state index is 5.92. The van der Waals surface area contributed by atoms with E-state index in [1.165, 1.54) is 0 Å². The first kappa shape index (κ1) is 14.5. The molecule has 0 aliphatic carbocycles. The zero-order valence-electron chi connectivity index (χ0n) is 12.6. The van der Waals surface area contributed by atoms with Crippen molar-refractivity contribution in [2.75, 3.05) is 6.54 Å². The van der Waals surface area contributed by atoms with E-state index in [9.17, 15) is 0 Å². The molecule has 5 heteroatoms. The molecule has 0 aromatic carbocycles. The molecule has 0 aliphatic rings. The Morgan fingerprint density at radius 2 is 2.20 bits per heavy atom. The Labute approximate surface area is 120 Å². The summed E-state index contributed by atoms with van der Waals surface area (Å²) in [5, 5.41) is 7.69. The van der Waals surface area contributed by atoms with Crippen LogP contribution in [0.3, 0.4) is 0 Å². The molecule has 0 radical (unpaired) electrons. The van der Waals surface area contributed by atoms with Gasteiger partial charge in [-0.15, -0.1) is 0 Å². The lowest BCUT2D eigenvalue weighted by Crippen LogP contribution is -2.19. The Morgan fingerprint density at radius 1 is 1.40 bits per heavy atom. The van der Waals surface area contributed by atoms with Gasteiger partial charge in [0.05, 0.1) is 11.9 Å². The zero-order valence-corrected chi connectivity index (χ0v) is 12.6. The highest BCUT2D eigenvalue weighted by atomic mass is 16.5. The quantitative estimate of drug-likeness (QED) is 0.880. The molecule has 0 saturated heterocycles. The average Bonchev–Trinajstić information content (AvgIpc) is 2.69. The molecule has 5 nitrogen and oxygen atoms in total. The number of nitrogens with zero attached hydrogens (tertiary/aromatic N) is 3. The third-order valence-corrected chi connectivity index (χ3v) is 2.91. The fourth-order valence-corrected chi connectivity index (χ4v) is 1.94. The van der Waals surface area contributed by atoms with Gasteiger partial charge in [0.2, 0.25) is 5.88 Å². The predicted molar refractivity (Wildman–Crippen MR) is 78.8 cm³/mol. The summed E-state index contributed by atoms with van der Waals surface area (Å²) in [4.78, 5) is 4.14. The van der Waals surface area contributed by atoms with Crippen molar-refractivity contribution in [3.63, 3.8) is 0 Å². The summed E-state index contributed by atoms with van der Waals surface area (Å²) >= 11 is 0. The van der Waals surface area contributed by atoms with Crippen LogP contribution in [0.2, 0.25) is 0 Å². The number of aromatic nitrogens is 3. The van der Waals surface area contributed by atoms with Crippen LogP contribution in [-0.4, -0.2) is 21.3 Å². The summed E-state index contributed by atoms with van der Waals surface area (Å²) in [5.74, 6) is 2.12. The minimum absolute atomic E-state index is 0.626. The van der Waals surface area contributed by atoms with Crippen LogP contribution in [0.15, 0.2) is 24.5 Å². The Balaban J connectivity index is 2.09. The van der Waals surface area contributed by atoms with Crippen molar-refractivity contribution in [3.05, 3.63) is 35.8 Å². The van der Waals surface area contributed by atoms with Crippen LogP contribution in [0.1, 0.15) is 25.1 Å². The number of hydrogen-bond donors (Lipinski definition) is 1. The molecule has 0 bridgehead atoms. The molecule has 2 aromatic heterocycles. The minimum atomic E-state index is 0.626. The average molecular weight is 274 g/mol. The summed E-state index contributed by atoms with van der Waals surface area (Å²) < 4.78 is 7.65. The number of nitrogens with one attached hydrogen (secondary N) is 1. The first-order chi connectivity index (χ1) is 9.56. The Kier molecular flexibility index (Phi) is 4.74. The lowest BCUT2D eigenvalue weighted by Gasteiger charge is -2.12. The molecular weight excluding hydrogens is 252 g/mol. The molecule has 108 valence electrons. The SMILES string of the molecule is Cc1cc(Oc2cnccc2CNCC(C)C)n(C)n1. The van der Waals surface area contributed by atoms with Crippen LogP contribution in [-0.2, 0) is 13.6 Å². The molecule has 0 fully saturated rings. The number of hydrogen-bond acceptors (Lipinski definition) is 4. The first-order valence-corrected chi connectivity index (χ1v) is 6.88. The normalized spacial score (nSPS) is 11.1. The second kappa shape index (κ2) is 6.52. The van der Waals surface area contributed by atoms with Crippen molar-refractivity contribution in [1.82, 2.24) is 20.1 Å². The van der Waals surface area contributed by atoms with E-state index >= 15 is 0 Å². The van der Waals surface area contributed by atoms with Gasteiger partial charge < -0.3 is 10.1 Å². The molecular formula is C15H22N4O. The highest BCUT2D eigenvalue weighted by Crippen LogP contribution is 2.24. The van der Waals surface area contributed by atoms with Gasteiger partial charge in [-0.3, -0.25) is 4.98 Å². The van der Waals surface area contributed by atoms with Gasteiger partial charge in [-0.1, -0.05) is 13.8 Å². The van der Waals surface area contributed by atoms with Gasteiger partial charge in [0.1, 0.15) is 0 Å². The van der Waals surface area contributed by atoms with E-state index in [2.05, 4.69) is 29.2 Å². The van der Waals surface area contributed by atoms with Crippen LogP contribution in [0.4, 0.5) is 0 Å². The van der Waals surface area contributed by atoms with E-state index in [1.807, 2.05) is 26.1 Å². The van der Waals surface area contributed by atoms with Crippen molar-refractivity contribution in [2.24, 2.45) is 13.0 Å². The maximum atomic E-state index is 5.92. The van der Waals surface area contributed by atoms with Gasteiger partial charge in [-0.2, -0.15) is 5.10 Å². The van der Waals surface area contributed by atoms with E-state index in [0.717, 1.165) is 36.0 Å². The molecule has 2 aromatic rings. The van der Waals surface area contributed by atoms with Gasteiger partial charge in [0.25, 0.3) is 0 Å². The molecule has 2 rings (SSSR count). The third-order valence-electron chi connectivity index (χ3n) is 2.91. The summed E-state index contributed by atoms with van der Waals surface area (Å²) in [7, 11) is 1.87. The van der Waals surface area contributed by atoms with E-state index in [1.54, 1.807) is 17.1 Å². The van der Waals surface area contributed by atoms with Crippen molar-refractivity contribution >= 4 is 0 Å². The molecule has 0 aliphatic heterocycles. The van der Waals surface area contributed by atoms with Crippen molar-refractivity contribution in [3.8, 4) is 11.6 Å². The van der Waals surface area contributed by atoms with Crippen LogP contribution in [0.25, 0.3) is 0 Å². The van der Waals surface area contributed by atoms with E-state index in [-0.39, 0.29) is 0 Å². The summed E-state index contributed by atoms with van der Waals surface area (Å²) in [6, 6.07) is 3.89. The number of ether oxygens (including phenoxy) is 1. The minimum Gasteiger partial charge on any atom is -0.437 e. The molecule has 0 atom stereocenters. The lowest BCUT2D eigenvalue weighted by atomic mass is 10.2. The van der Waals surface area contributed by atoms with Crippen LogP contribution < -0.4 is 10.1 Å². The summed E-state index contributed by atoms with van der Waals surface area (Å²) in [6.07, 6.45) is 3.53. The topological polar surface area (TPSA) is 52.0 Å². The molecule has 20 heavy (non-hydrogen) atoms. The van der Waals surface area contributed by atoms with Crippen molar-refractivity contribution in [1.29, 1.82) is 0 Å². The number of aryl methyl sites for hydroxylation is 2. The monoisotopic (exact) mass is 274 g/mol. The maximum Gasteiger partial charge on any atom is 0.217 e. The lowest BCUT2D eigenvalue weighted by molar-refractivity contribution is 0.421. The second-order valence-corrected chi connectivity index (χ2v) is 5.36. The fourth-order valence-electron chi connectivity index (χ4n) is 1.94. The zero-order chi connectivity index (χ0) is 14.5. The van der Waals surface area contributed by atoms with Crippen LogP contribution >= 0.6 is 0 Å². The predicted octanol–water partition coefficient (Wildman–Crippen LogP) is 2.66. The molecule has 0 saturated carbocycles. The van der Waals surface area contributed by atoms with Crippen LogP contribution in [0.5, 0.6) is 11.6 Å². The molecule has 1 N–H and O–H groups in total. The first-order valence-electron chi connectivity index (χ1n) is 6.88. The smallest absolute Gasteiger partial charge is 0.217 e. The summed E-state index contributed by atoms with van der Waals surface area (Å²) in [5.41, 5.74) is 2.03. The van der Waals surface area contributed by atoms with E-state index in [4.69, 9.17) is 4.74 Å². The summed E-state index contributed by atoms with van der Waals surface area (Å²) in [6.45, 7) is 8.07. The molecule has 2 heterocycles. The van der Waals surface area contributed by atoms with Crippen molar-refractivity contribution < 1.29 is 4.74 Å². The van der Waals surface area contributed by atoms with E-state index < -0.39 is 0 Å². The number of pyridine rings is 1. The third kappa shape index (κ3) is 3.81. The molecule has 0 spiro atoms. The number of rotatable bonds is 6. The highest BCUT2D eigenvalue weighted by Gasteiger charge is 2.09. The molecule has 0 amide bonds. The van der Waals surface area contributed by atoms with Gasteiger partial charge in [-0.05, 0) is 25.5 Å². The Morgan fingerprint density at radius 3 is 2.85 bits per heavy atom. The largest absolute Gasteiger partial charge is 0.437 e. The highest BCUT2D eigenvalue weighted by molar-refractivity contribution is 5.33. The standard InChI is InChI=1S/C15H22N4O/c1-11(2)8-17-9-13-5-6-16-10-14(13)20-15-7-12(3)18-19(15)4/h5-7,10-11,17H,8-9H2,1-4H3. The van der Waals surface area contributed by atoms with Gasteiger partial charge in [0, 0.05) is 31.4 Å². The molecule has 0 unspecified atom stereocenters. The van der Waals surface area contributed by atoms with Gasteiger partial charge in [0.15, 0.2) is 5.75 Å². The van der Waals surface area contributed by atoms with Crippen LogP contribution in [0, 0.1) is 12.8 Å². The van der Waals surface area contributed by atoms with E-state index in [0.29, 0.717) is 5.92 Å². The van der Waals surface area contributed by atoms with Gasteiger partial charge in [-0.25, -0.2) is 4.68 Å². The second-order valence-electron chi connectivity index (χ2n) is 5.36. The van der Waals surface area contributed by atoms with Crippen molar-refractivity contribution in [2.45, 2.75) is 27.3 Å². The Bertz CT molecular complexity index is 563. The fraction of sp³-hybridized carbons (Fsp3) is 0.467.